The Labute approximate surface area is 118 Å². The molecule has 0 aliphatic carbocycles. The van der Waals surface area contributed by atoms with Gasteiger partial charge in [0.25, 0.3) is 0 Å². The van der Waals surface area contributed by atoms with Crippen molar-refractivity contribution in [3.63, 3.8) is 0 Å². The van der Waals surface area contributed by atoms with Gasteiger partial charge in [0.1, 0.15) is 7.85 Å². The maximum absolute atomic E-state index is 11.4. The number of halogens is 1. The highest BCUT2D eigenvalue weighted by Gasteiger charge is 2.09. The SMILES string of the molecule is Bc1cc(I)cc2nc(NC(=O)NCC)sc12. The molecule has 0 aliphatic rings. The average Bonchev–Trinajstić information content (AvgIpc) is 2.60. The van der Waals surface area contributed by atoms with Gasteiger partial charge in [-0.15, -0.1) is 0 Å². The Morgan fingerprint density at radius 2 is 2.35 bits per heavy atom. The smallest absolute Gasteiger partial charge is 0.321 e. The van der Waals surface area contributed by atoms with Crippen LogP contribution < -0.4 is 16.1 Å². The molecule has 1 heterocycles. The van der Waals surface area contributed by atoms with Crippen LogP contribution in [0.5, 0.6) is 0 Å². The van der Waals surface area contributed by atoms with Crippen molar-refractivity contribution in [2.45, 2.75) is 6.92 Å². The van der Waals surface area contributed by atoms with Gasteiger partial charge in [-0.3, -0.25) is 5.32 Å². The third-order valence-electron chi connectivity index (χ3n) is 2.20. The molecule has 2 amide bonds. The van der Waals surface area contributed by atoms with Crippen LogP contribution in [0.1, 0.15) is 6.92 Å². The lowest BCUT2D eigenvalue weighted by Crippen LogP contribution is -2.28. The average molecular weight is 359 g/mol. The summed E-state index contributed by atoms with van der Waals surface area (Å²) < 4.78 is 2.28. The molecule has 2 N–H and O–H groups in total. The zero-order valence-electron chi connectivity index (χ0n) is 9.50. The lowest BCUT2D eigenvalue weighted by atomic mass is 9.96. The minimum absolute atomic E-state index is 0.209. The van der Waals surface area contributed by atoms with Crippen LogP contribution in [0.4, 0.5) is 9.93 Å². The van der Waals surface area contributed by atoms with Gasteiger partial charge in [0, 0.05) is 10.1 Å². The summed E-state index contributed by atoms with van der Waals surface area (Å²) in [5.74, 6) is 0. The lowest BCUT2D eigenvalue weighted by molar-refractivity contribution is 0.252. The van der Waals surface area contributed by atoms with Crippen LogP contribution in [-0.2, 0) is 0 Å². The molecule has 4 nitrogen and oxygen atoms in total. The largest absolute Gasteiger partial charge is 0.338 e. The van der Waals surface area contributed by atoms with Gasteiger partial charge in [0.2, 0.25) is 0 Å². The number of urea groups is 1. The number of benzene rings is 1. The number of nitrogens with zero attached hydrogens (tertiary/aromatic N) is 1. The summed E-state index contributed by atoms with van der Waals surface area (Å²) in [5, 5.41) is 6.05. The molecule has 7 heteroatoms. The molecule has 0 saturated carbocycles. The first-order chi connectivity index (χ1) is 8.10. The lowest BCUT2D eigenvalue weighted by Gasteiger charge is -2.00. The highest BCUT2D eigenvalue weighted by atomic mass is 127. The van der Waals surface area contributed by atoms with E-state index in [1.54, 1.807) is 0 Å². The first kappa shape index (κ1) is 12.6. The molecular weight excluding hydrogens is 348 g/mol. The van der Waals surface area contributed by atoms with Gasteiger partial charge in [0.15, 0.2) is 5.13 Å². The Morgan fingerprint density at radius 1 is 1.59 bits per heavy atom. The van der Waals surface area contributed by atoms with Crippen LogP contribution in [0.15, 0.2) is 12.1 Å². The summed E-state index contributed by atoms with van der Waals surface area (Å²) in [4.78, 5) is 15.8. The zero-order chi connectivity index (χ0) is 12.4. The number of nitrogens with one attached hydrogen (secondary N) is 2. The van der Waals surface area contributed by atoms with Gasteiger partial charge in [-0.2, -0.15) is 0 Å². The number of anilines is 1. The fourth-order valence-corrected chi connectivity index (χ4v) is 3.18. The molecule has 0 aliphatic heterocycles. The van der Waals surface area contributed by atoms with Crippen molar-refractivity contribution >= 4 is 68.6 Å². The van der Waals surface area contributed by atoms with Crippen molar-refractivity contribution in [2.24, 2.45) is 0 Å². The number of fused-ring (bicyclic) bond motifs is 1. The third kappa shape index (κ3) is 2.89. The second-order valence-electron chi connectivity index (χ2n) is 3.57. The van der Waals surface area contributed by atoms with Crippen LogP contribution in [0, 0.1) is 3.57 Å². The molecule has 88 valence electrons. The van der Waals surface area contributed by atoms with Crippen LogP contribution >= 0.6 is 33.9 Å². The summed E-state index contributed by atoms with van der Waals surface area (Å²) in [6, 6.07) is 3.91. The number of carbonyl (C=O) groups excluding carboxylic acids is 1. The minimum atomic E-state index is -0.209. The number of hydrogen-bond acceptors (Lipinski definition) is 3. The first-order valence-electron chi connectivity index (χ1n) is 5.21. The minimum Gasteiger partial charge on any atom is -0.338 e. The molecule has 1 aromatic carbocycles. The normalized spacial score (nSPS) is 10.5. The maximum atomic E-state index is 11.4. The van der Waals surface area contributed by atoms with Crippen molar-refractivity contribution in [2.75, 3.05) is 11.9 Å². The highest BCUT2D eigenvalue weighted by Crippen LogP contribution is 2.25. The van der Waals surface area contributed by atoms with E-state index < -0.39 is 0 Å². The number of rotatable bonds is 2. The molecule has 0 radical (unpaired) electrons. The van der Waals surface area contributed by atoms with Gasteiger partial charge < -0.3 is 5.32 Å². The topological polar surface area (TPSA) is 54.0 Å². The monoisotopic (exact) mass is 359 g/mol. The molecular formula is C10H11BIN3OS. The Morgan fingerprint density at radius 3 is 3.06 bits per heavy atom. The number of aromatic nitrogens is 1. The van der Waals surface area contributed by atoms with Gasteiger partial charge in [0.05, 0.1) is 10.2 Å². The van der Waals surface area contributed by atoms with Crippen LogP contribution in [0.25, 0.3) is 10.2 Å². The molecule has 0 unspecified atom stereocenters. The van der Waals surface area contributed by atoms with Crippen molar-refractivity contribution in [3.05, 3.63) is 15.7 Å². The zero-order valence-corrected chi connectivity index (χ0v) is 12.5. The van der Waals surface area contributed by atoms with E-state index in [1.165, 1.54) is 16.8 Å². The van der Waals surface area contributed by atoms with Crippen molar-refractivity contribution in [3.8, 4) is 0 Å². The molecule has 17 heavy (non-hydrogen) atoms. The number of hydrogen-bond donors (Lipinski definition) is 2. The fraction of sp³-hybridized carbons (Fsp3) is 0.200. The Balaban J connectivity index is 2.32. The predicted molar refractivity (Wildman–Crippen MR) is 83.2 cm³/mol. The number of thiazole rings is 1. The van der Waals surface area contributed by atoms with Gasteiger partial charge in [-0.1, -0.05) is 22.9 Å². The summed E-state index contributed by atoms with van der Waals surface area (Å²) >= 11 is 3.77. The molecule has 2 rings (SSSR count). The van der Waals surface area contributed by atoms with Gasteiger partial charge in [-0.25, -0.2) is 9.78 Å². The van der Waals surface area contributed by atoms with Crippen molar-refractivity contribution in [1.29, 1.82) is 0 Å². The van der Waals surface area contributed by atoms with Crippen molar-refractivity contribution < 1.29 is 4.79 Å². The van der Waals surface area contributed by atoms with E-state index in [-0.39, 0.29) is 6.03 Å². The quantitative estimate of drug-likeness (QED) is 0.628. The van der Waals surface area contributed by atoms with E-state index in [0.717, 1.165) is 13.8 Å². The van der Waals surface area contributed by atoms with E-state index in [2.05, 4.69) is 52.1 Å². The summed E-state index contributed by atoms with van der Waals surface area (Å²) in [6.45, 7) is 2.48. The van der Waals surface area contributed by atoms with E-state index in [1.807, 2.05) is 13.0 Å². The molecule has 0 atom stereocenters. The highest BCUT2D eigenvalue weighted by molar-refractivity contribution is 14.1. The molecule has 0 saturated heterocycles. The standard InChI is InChI=1S/C10H11BIN3OS/c1-2-13-9(16)15-10-14-7-4-5(12)3-6(11)8(7)17-10/h3-4H,2,11H2,1H3,(H2,13,14,15,16). The number of amides is 2. The second-order valence-corrected chi connectivity index (χ2v) is 5.82. The van der Waals surface area contributed by atoms with E-state index in [9.17, 15) is 4.79 Å². The van der Waals surface area contributed by atoms with Crippen LogP contribution in [-0.4, -0.2) is 25.4 Å². The van der Waals surface area contributed by atoms with Gasteiger partial charge >= 0.3 is 6.03 Å². The Bertz CT molecular complexity index is 572. The third-order valence-corrected chi connectivity index (χ3v) is 3.94. The Hall–Kier alpha value is -0.825. The maximum Gasteiger partial charge on any atom is 0.321 e. The first-order valence-corrected chi connectivity index (χ1v) is 7.11. The molecule has 2 aromatic rings. The van der Waals surface area contributed by atoms with Crippen molar-refractivity contribution in [1.82, 2.24) is 10.3 Å². The number of carbonyl (C=O) groups is 1. The molecule has 0 bridgehead atoms. The summed E-state index contributed by atoms with van der Waals surface area (Å²) in [6.07, 6.45) is 0. The Kier molecular flexibility index (Phi) is 3.88. The van der Waals surface area contributed by atoms with E-state index in [0.29, 0.717) is 11.7 Å². The van der Waals surface area contributed by atoms with Crippen LogP contribution in [0.3, 0.4) is 0 Å². The molecule has 1 aromatic heterocycles. The molecule has 0 fully saturated rings. The summed E-state index contributed by atoms with van der Waals surface area (Å²) in [5.41, 5.74) is 2.12. The van der Waals surface area contributed by atoms with Gasteiger partial charge in [-0.05, 0) is 35.6 Å². The second kappa shape index (κ2) is 5.22. The van der Waals surface area contributed by atoms with Crippen LogP contribution in [0.2, 0.25) is 0 Å². The molecule has 0 spiro atoms. The summed E-state index contributed by atoms with van der Waals surface area (Å²) in [7, 11) is 2.05. The van der Waals surface area contributed by atoms with E-state index >= 15 is 0 Å². The predicted octanol–water partition coefficient (Wildman–Crippen LogP) is 1.30. The van der Waals surface area contributed by atoms with E-state index in [4.69, 9.17) is 0 Å². The fourth-order valence-electron chi connectivity index (χ4n) is 1.51.